The highest BCUT2D eigenvalue weighted by Crippen LogP contribution is 2.25. The number of hydrogen-bond acceptors (Lipinski definition) is 5. The number of aliphatic hydroxyl groups excluding tert-OH is 1. The predicted octanol–water partition coefficient (Wildman–Crippen LogP) is 3.24. The number of hydrogen-bond donors (Lipinski definition) is 1. The van der Waals surface area contributed by atoms with Gasteiger partial charge in [-0.25, -0.2) is 13.4 Å². The summed E-state index contributed by atoms with van der Waals surface area (Å²) in [5, 5.41) is 11.2. The van der Waals surface area contributed by atoms with E-state index in [0.717, 1.165) is 22.4 Å². The Balaban J connectivity index is 1.45. The maximum atomic E-state index is 11.8. The molecule has 2 aromatic carbocycles. The van der Waals surface area contributed by atoms with Gasteiger partial charge in [0.25, 0.3) is 0 Å². The molecule has 2 atom stereocenters. The summed E-state index contributed by atoms with van der Waals surface area (Å²) in [5.74, 6) is 1.33. The number of halogens is 1. The van der Waals surface area contributed by atoms with Crippen LogP contribution in [0.5, 0.6) is 0 Å². The number of sulfone groups is 1. The van der Waals surface area contributed by atoms with E-state index in [-0.39, 0.29) is 24.0 Å². The lowest BCUT2D eigenvalue weighted by molar-refractivity contribution is 0.0205. The van der Waals surface area contributed by atoms with Gasteiger partial charge in [0.1, 0.15) is 5.82 Å². The van der Waals surface area contributed by atoms with E-state index in [1.165, 1.54) is 0 Å². The smallest absolute Gasteiger partial charge is 0.150 e. The van der Waals surface area contributed by atoms with Gasteiger partial charge in [0.15, 0.2) is 9.84 Å². The highest BCUT2D eigenvalue weighted by molar-refractivity contribution is 7.91. The highest BCUT2D eigenvalue weighted by Gasteiger charge is 2.29. The molecule has 1 aliphatic heterocycles. The molecule has 160 valence electrons. The fraction of sp³-hybridized carbons (Fsp3) is 0.409. The Labute approximate surface area is 181 Å². The summed E-state index contributed by atoms with van der Waals surface area (Å²) >= 11 is 6.14. The maximum absolute atomic E-state index is 11.8. The minimum atomic E-state index is -2.94. The van der Waals surface area contributed by atoms with Crippen molar-refractivity contribution in [1.29, 1.82) is 0 Å². The molecule has 1 aromatic heterocycles. The second kappa shape index (κ2) is 9.06. The van der Waals surface area contributed by atoms with Gasteiger partial charge in [0.2, 0.25) is 0 Å². The van der Waals surface area contributed by atoms with Gasteiger partial charge in [-0.1, -0.05) is 41.9 Å². The van der Waals surface area contributed by atoms with Crippen LogP contribution in [0.15, 0.2) is 48.5 Å². The Hall–Kier alpha value is -1.93. The summed E-state index contributed by atoms with van der Waals surface area (Å²) in [4.78, 5) is 4.72. The van der Waals surface area contributed by atoms with Gasteiger partial charge in [0, 0.05) is 11.4 Å². The summed E-state index contributed by atoms with van der Waals surface area (Å²) in [5.41, 5.74) is 2.65. The van der Waals surface area contributed by atoms with Crippen molar-refractivity contribution in [2.45, 2.75) is 32.1 Å². The quantitative estimate of drug-likeness (QED) is 0.572. The van der Waals surface area contributed by atoms with Crippen LogP contribution < -0.4 is 0 Å². The summed E-state index contributed by atoms with van der Waals surface area (Å²) in [6, 6.07) is 15.2. The van der Waals surface area contributed by atoms with E-state index >= 15 is 0 Å². The molecule has 0 spiro atoms. The van der Waals surface area contributed by atoms with E-state index in [0.29, 0.717) is 31.0 Å². The van der Waals surface area contributed by atoms with Gasteiger partial charge >= 0.3 is 0 Å². The van der Waals surface area contributed by atoms with Crippen LogP contribution in [0.4, 0.5) is 0 Å². The van der Waals surface area contributed by atoms with Crippen LogP contribution in [0.1, 0.15) is 17.8 Å². The lowest BCUT2D eigenvalue weighted by Crippen LogP contribution is -2.24. The van der Waals surface area contributed by atoms with Crippen molar-refractivity contribution < 1.29 is 18.3 Å². The normalized spacial score (nSPS) is 19.3. The number of aliphatic hydroxyl groups is 1. The SMILES string of the molecule is O=S1(=O)CCC(Cc2nc3ccccc3n2CC(O)COCc2ccccc2Cl)C1. The first-order valence-electron chi connectivity index (χ1n) is 10.0. The molecule has 30 heavy (non-hydrogen) atoms. The van der Waals surface area contributed by atoms with Crippen LogP contribution in [-0.4, -0.2) is 47.3 Å². The Morgan fingerprint density at radius 1 is 1.20 bits per heavy atom. The molecule has 1 N–H and O–H groups in total. The maximum Gasteiger partial charge on any atom is 0.150 e. The Morgan fingerprint density at radius 2 is 1.97 bits per heavy atom. The second-order valence-corrected chi connectivity index (χ2v) is 10.5. The molecule has 0 radical (unpaired) electrons. The molecule has 4 rings (SSSR count). The molecule has 1 fully saturated rings. The molecule has 2 unspecified atom stereocenters. The fourth-order valence-corrected chi connectivity index (χ4v) is 6.01. The van der Waals surface area contributed by atoms with E-state index in [1.54, 1.807) is 0 Å². The molecule has 1 aliphatic rings. The van der Waals surface area contributed by atoms with E-state index in [2.05, 4.69) is 0 Å². The number of ether oxygens (including phenoxy) is 1. The molecular formula is C22H25ClN2O4S. The summed E-state index contributed by atoms with van der Waals surface area (Å²) < 4.78 is 31.3. The van der Waals surface area contributed by atoms with Crippen molar-refractivity contribution in [1.82, 2.24) is 9.55 Å². The monoisotopic (exact) mass is 448 g/mol. The number of imidazole rings is 1. The summed E-state index contributed by atoms with van der Waals surface area (Å²) in [6.07, 6.45) is 0.520. The summed E-state index contributed by atoms with van der Waals surface area (Å²) in [6.45, 7) is 0.820. The van der Waals surface area contributed by atoms with Gasteiger partial charge in [-0.2, -0.15) is 0 Å². The van der Waals surface area contributed by atoms with Gasteiger partial charge in [0.05, 0.1) is 48.4 Å². The molecule has 0 aliphatic carbocycles. The number of benzene rings is 2. The van der Waals surface area contributed by atoms with Crippen LogP contribution >= 0.6 is 11.6 Å². The molecular weight excluding hydrogens is 424 g/mol. The van der Waals surface area contributed by atoms with Crippen LogP contribution in [0.25, 0.3) is 11.0 Å². The first kappa shape index (κ1) is 21.3. The third-order valence-electron chi connectivity index (χ3n) is 5.45. The standard InChI is InChI=1S/C22H25ClN2O4S/c23-19-6-2-1-5-17(19)13-29-14-18(26)12-25-21-8-4-3-7-20(21)24-22(25)11-16-9-10-30(27,28)15-16/h1-8,16,18,26H,9-15H2. The fourth-order valence-electron chi connectivity index (χ4n) is 3.96. The molecule has 6 nitrogen and oxygen atoms in total. The van der Waals surface area contributed by atoms with Crippen LogP contribution in [0, 0.1) is 5.92 Å². The molecule has 0 amide bonds. The van der Waals surface area contributed by atoms with Crippen LogP contribution in [0.2, 0.25) is 5.02 Å². The first-order chi connectivity index (χ1) is 14.4. The van der Waals surface area contributed by atoms with Crippen molar-refractivity contribution in [3.8, 4) is 0 Å². The minimum Gasteiger partial charge on any atom is -0.389 e. The third kappa shape index (κ3) is 5.03. The third-order valence-corrected chi connectivity index (χ3v) is 7.66. The number of aromatic nitrogens is 2. The van der Waals surface area contributed by atoms with Crippen LogP contribution in [0.3, 0.4) is 0 Å². The average molecular weight is 449 g/mol. The number of fused-ring (bicyclic) bond motifs is 1. The van der Waals surface area contributed by atoms with Crippen molar-refractivity contribution in [3.63, 3.8) is 0 Å². The zero-order chi connectivity index (χ0) is 21.1. The molecule has 0 bridgehead atoms. The van der Waals surface area contributed by atoms with Crippen molar-refractivity contribution in [2.75, 3.05) is 18.1 Å². The zero-order valence-electron chi connectivity index (χ0n) is 16.6. The Bertz CT molecular complexity index is 1130. The van der Waals surface area contributed by atoms with Crippen LogP contribution in [-0.2, 0) is 34.1 Å². The first-order valence-corrected chi connectivity index (χ1v) is 12.2. The second-order valence-electron chi connectivity index (χ2n) is 7.86. The summed E-state index contributed by atoms with van der Waals surface area (Å²) in [7, 11) is -2.94. The van der Waals surface area contributed by atoms with Gasteiger partial charge in [-0.3, -0.25) is 0 Å². The number of rotatable bonds is 8. The Kier molecular flexibility index (Phi) is 6.43. The molecule has 2 heterocycles. The molecule has 8 heteroatoms. The van der Waals surface area contributed by atoms with Crippen molar-refractivity contribution in [2.24, 2.45) is 5.92 Å². The minimum absolute atomic E-state index is 0.0687. The van der Waals surface area contributed by atoms with Crippen molar-refractivity contribution in [3.05, 3.63) is 64.9 Å². The van der Waals surface area contributed by atoms with Gasteiger partial charge < -0.3 is 14.4 Å². The van der Waals surface area contributed by atoms with Gasteiger partial charge in [-0.15, -0.1) is 0 Å². The highest BCUT2D eigenvalue weighted by atomic mass is 35.5. The molecule has 1 saturated heterocycles. The largest absolute Gasteiger partial charge is 0.389 e. The number of para-hydroxylation sites is 2. The van der Waals surface area contributed by atoms with E-state index in [4.69, 9.17) is 21.3 Å². The van der Waals surface area contributed by atoms with E-state index in [9.17, 15) is 13.5 Å². The number of nitrogens with zero attached hydrogens (tertiary/aromatic N) is 2. The Morgan fingerprint density at radius 3 is 2.73 bits per heavy atom. The average Bonchev–Trinajstić information content (AvgIpc) is 3.23. The lowest BCUT2D eigenvalue weighted by Gasteiger charge is -2.16. The van der Waals surface area contributed by atoms with E-state index in [1.807, 2.05) is 53.1 Å². The lowest BCUT2D eigenvalue weighted by atomic mass is 10.1. The topological polar surface area (TPSA) is 81.4 Å². The van der Waals surface area contributed by atoms with Crippen molar-refractivity contribution >= 4 is 32.5 Å². The predicted molar refractivity (Wildman–Crippen MR) is 117 cm³/mol. The molecule has 3 aromatic rings. The van der Waals surface area contributed by atoms with Gasteiger partial charge in [-0.05, 0) is 36.1 Å². The van der Waals surface area contributed by atoms with E-state index < -0.39 is 15.9 Å². The molecule has 0 saturated carbocycles. The zero-order valence-corrected chi connectivity index (χ0v) is 18.1.